The molecule has 0 atom stereocenters. The van der Waals surface area contributed by atoms with E-state index in [1.165, 1.54) is 12.3 Å². The first kappa shape index (κ1) is 10.4. The number of halogens is 3. The Morgan fingerprint density at radius 1 is 0.933 bits per heavy atom. The number of nitrogens with zero attached hydrogens (tertiary/aromatic N) is 1. The Morgan fingerprint density at radius 2 is 1.67 bits per heavy atom. The summed E-state index contributed by atoms with van der Waals surface area (Å²) in [6.07, 6.45) is 1.45. The minimum atomic E-state index is -0.501. The minimum Gasteiger partial charge on any atom is -0.228 e. The largest absolute Gasteiger partial charge is 0.228 e. The van der Waals surface area contributed by atoms with E-state index in [2.05, 4.69) is 4.98 Å². The summed E-state index contributed by atoms with van der Waals surface area (Å²) >= 11 is 11.7. The summed E-state index contributed by atoms with van der Waals surface area (Å²) in [7, 11) is 0. The first-order valence-electron chi connectivity index (χ1n) is 4.24. The van der Waals surface area contributed by atoms with Crippen LogP contribution >= 0.6 is 23.2 Å². The van der Waals surface area contributed by atoms with Crippen molar-refractivity contribution >= 4 is 23.2 Å². The topological polar surface area (TPSA) is 12.9 Å². The number of hydrogen-bond acceptors (Lipinski definition) is 1. The van der Waals surface area contributed by atoms with Crippen molar-refractivity contribution in [2.75, 3.05) is 0 Å². The first-order chi connectivity index (χ1) is 7.16. The lowest BCUT2D eigenvalue weighted by Gasteiger charge is -2.02. The average molecular weight is 242 g/mol. The van der Waals surface area contributed by atoms with E-state index >= 15 is 0 Å². The molecule has 0 saturated heterocycles. The molecule has 0 spiro atoms. The van der Waals surface area contributed by atoms with Gasteiger partial charge in [-0.25, -0.2) is 4.98 Å². The monoisotopic (exact) mass is 241 g/mol. The van der Waals surface area contributed by atoms with E-state index in [9.17, 15) is 4.39 Å². The van der Waals surface area contributed by atoms with Crippen LogP contribution in [-0.4, -0.2) is 4.98 Å². The third-order valence-corrected chi connectivity index (χ3v) is 2.72. The number of rotatable bonds is 1. The standard InChI is InChI=1S/C11H6Cl2FN/c12-9-3-1-7(5-10(9)13)8-2-4-11(14)15-6-8/h1-6H. The van der Waals surface area contributed by atoms with Crippen LogP contribution in [0.25, 0.3) is 11.1 Å². The predicted molar refractivity (Wildman–Crippen MR) is 59.7 cm³/mol. The van der Waals surface area contributed by atoms with Crippen LogP contribution < -0.4 is 0 Å². The molecule has 2 aromatic rings. The maximum absolute atomic E-state index is 12.6. The second-order valence-electron chi connectivity index (χ2n) is 3.00. The zero-order valence-electron chi connectivity index (χ0n) is 7.55. The van der Waals surface area contributed by atoms with E-state index in [1.807, 2.05) is 6.07 Å². The Morgan fingerprint density at radius 3 is 2.27 bits per heavy atom. The first-order valence-corrected chi connectivity index (χ1v) is 4.99. The van der Waals surface area contributed by atoms with Crippen LogP contribution in [0.1, 0.15) is 0 Å². The van der Waals surface area contributed by atoms with E-state index in [4.69, 9.17) is 23.2 Å². The normalized spacial score (nSPS) is 10.3. The molecule has 0 unspecified atom stereocenters. The zero-order valence-corrected chi connectivity index (χ0v) is 9.06. The summed E-state index contributed by atoms with van der Waals surface area (Å²) in [4.78, 5) is 3.56. The molecule has 0 radical (unpaired) electrons. The molecular weight excluding hydrogens is 236 g/mol. The molecule has 0 bridgehead atoms. The van der Waals surface area contributed by atoms with Gasteiger partial charge in [0.2, 0.25) is 5.95 Å². The molecule has 2 rings (SSSR count). The number of pyridine rings is 1. The van der Waals surface area contributed by atoms with Gasteiger partial charge < -0.3 is 0 Å². The van der Waals surface area contributed by atoms with Gasteiger partial charge in [0.05, 0.1) is 10.0 Å². The molecule has 0 saturated carbocycles. The van der Waals surface area contributed by atoms with E-state index in [0.29, 0.717) is 10.0 Å². The fourth-order valence-corrected chi connectivity index (χ4v) is 1.52. The summed E-state index contributed by atoms with van der Waals surface area (Å²) in [5.74, 6) is -0.501. The lowest BCUT2D eigenvalue weighted by Crippen LogP contribution is -1.83. The number of benzene rings is 1. The van der Waals surface area contributed by atoms with Crippen LogP contribution in [0, 0.1) is 5.95 Å². The molecule has 4 heteroatoms. The molecule has 0 fully saturated rings. The smallest absolute Gasteiger partial charge is 0.212 e. The molecule has 0 aliphatic heterocycles. The summed E-state index contributed by atoms with van der Waals surface area (Å²) < 4.78 is 12.6. The maximum Gasteiger partial charge on any atom is 0.212 e. The fourth-order valence-electron chi connectivity index (χ4n) is 1.22. The Labute approximate surface area is 96.5 Å². The zero-order chi connectivity index (χ0) is 10.8. The van der Waals surface area contributed by atoms with Gasteiger partial charge in [0.25, 0.3) is 0 Å². The Hall–Kier alpha value is -1.12. The molecule has 1 nitrogen and oxygen atoms in total. The highest BCUT2D eigenvalue weighted by atomic mass is 35.5. The highest BCUT2D eigenvalue weighted by Gasteiger charge is 2.02. The van der Waals surface area contributed by atoms with Gasteiger partial charge in [0, 0.05) is 11.8 Å². The average Bonchev–Trinajstić information content (AvgIpc) is 2.23. The van der Waals surface area contributed by atoms with Crippen molar-refractivity contribution in [3.63, 3.8) is 0 Å². The quantitative estimate of drug-likeness (QED) is 0.683. The predicted octanol–water partition coefficient (Wildman–Crippen LogP) is 4.19. The molecule has 1 aromatic heterocycles. The van der Waals surface area contributed by atoms with Crippen LogP contribution in [0.3, 0.4) is 0 Å². The fraction of sp³-hybridized carbons (Fsp3) is 0. The molecular formula is C11H6Cl2FN. The lowest BCUT2D eigenvalue weighted by atomic mass is 10.1. The second-order valence-corrected chi connectivity index (χ2v) is 3.81. The van der Waals surface area contributed by atoms with Crippen molar-refractivity contribution in [1.82, 2.24) is 4.98 Å². The van der Waals surface area contributed by atoms with Crippen molar-refractivity contribution in [3.05, 3.63) is 52.5 Å². The molecule has 1 aromatic carbocycles. The highest BCUT2D eigenvalue weighted by molar-refractivity contribution is 6.42. The Balaban J connectivity index is 2.45. The van der Waals surface area contributed by atoms with Crippen LogP contribution in [0.4, 0.5) is 4.39 Å². The van der Waals surface area contributed by atoms with Gasteiger partial charge in [0.1, 0.15) is 0 Å². The molecule has 15 heavy (non-hydrogen) atoms. The molecule has 0 N–H and O–H groups in total. The minimum absolute atomic E-state index is 0.471. The molecule has 0 amide bonds. The van der Waals surface area contributed by atoms with Gasteiger partial charge in [-0.3, -0.25) is 0 Å². The second kappa shape index (κ2) is 4.17. The van der Waals surface area contributed by atoms with Gasteiger partial charge in [-0.2, -0.15) is 4.39 Å². The summed E-state index contributed by atoms with van der Waals surface area (Å²) in [5, 5.41) is 0.967. The molecule has 1 heterocycles. The van der Waals surface area contributed by atoms with Gasteiger partial charge >= 0.3 is 0 Å². The van der Waals surface area contributed by atoms with Crippen molar-refractivity contribution < 1.29 is 4.39 Å². The van der Waals surface area contributed by atoms with Gasteiger partial charge in [-0.05, 0) is 29.8 Å². The number of aromatic nitrogens is 1. The molecule has 0 aliphatic rings. The van der Waals surface area contributed by atoms with E-state index in [1.54, 1.807) is 18.2 Å². The highest BCUT2D eigenvalue weighted by Crippen LogP contribution is 2.27. The van der Waals surface area contributed by atoms with Crippen molar-refractivity contribution in [2.24, 2.45) is 0 Å². The third kappa shape index (κ3) is 2.28. The van der Waals surface area contributed by atoms with Crippen molar-refractivity contribution in [2.45, 2.75) is 0 Å². The van der Waals surface area contributed by atoms with Crippen LogP contribution in [0.15, 0.2) is 36.5 Å². The van der Waals surface area contributed by atoms with Crippen LogP contribution in [0.5, 0.6) is 0 Å². The third-order valence-electron chi connectivity index (χ3n) is 1.98. The van der Waals surface area contributed by atoms with Gasteiger partial charge in [-0.1, -0.05) is 29.3 Å². The van der Waals surface area contributed by atoms with Crippen LogP contribution in [0.2, 0.25) is 10.0 Å². The summed E-state index contributed by atoms with van der Waals surface area (Å²) in [6, 6.07) is 8.17. The lowest BCUT2D eigenvalue weighted by molar-refractivity contribution is 0.584. The molecule has 0 aliphatic carbocycles. The van der Waals surface area contributed by atoms with Crippen molar-refractivity contribution in [3.8, 4) is 11.1 Å². The van der Waals surface area contributed by atoms with E-state index in [0.717, 1.165) is 11.1 Å². The summed E-state index contributed by atoms with van der Waals surface area (Å²) in [5.41, 5.74) is 1.66. The molecule has 76 valence electrons. The van der Waals surface area contributed by atoms with E-state index < -0.39 is 5.95 Å². The SMILES string of the molecule is Fc1ccc(-c2ccc(Cl)c(Cl)c2)cn1. The number of hydrogen-bond donors (Lipinski definition) is 0. The Bertz CT molecular complexity index is 482. The van der Waals surface area contributed by atoms with Gasteiger partial charge in [-0.15, -0.1) is 0 Å². The van der Waals surface area contributed by atoms with Gasteiger partial charge in [0.15, 0.2) is 0 Å². The van der Waals surface area contributed by atoms with Crippen LogP contribution in [-0.2, 0) is 0 Å². The van der Waals surface area contributed by atoms with Crippen molar-refractivity contribution in [1.29, 1.82) is 0 Å². The van der Waals surface area contributed by atoms with E-state index in [-0.39, 0.29) is 0 Å². The maximum atomic E-state index is 12.6. The summed E-state index contributed by atoms with van der Waals surface area (Å²) in [6.45, 7) is 0. The Kier molecular flexibility index (Phi) is 2.89.